The van der Waals surface area contributed by atoms with Crippen molar-refractivity contribution in [3.05, 3.63) is 0 Å². The van der Waals surface area contributed by atoms with Crippen LogP contribution in [0.25, 0.3) is 0 Å². The van der Waals surface area contributed by atoms with Crippen LogP contribution in [-0.2, 0) is 9.64 Å². The summed E-state index contributed by atoms with van der Waals surface area (Å²) in [6.45, 7) is 0. The van der Waals surface area contributed by atoms with Crippen LogP contribution in [0.3, 0.4) is 0 Å². The summed E-state index contributed by atoms with van der Waals surface area (Å²) in [6.07, 6.45) is 0. The standard InChI is InChI=1S/5ClH.FH.Nb/h6*1H;/q;;;;;;+6/p-6. The molecule has 0 rings (SSSR count). The van der Waals surface area contributed by atoms with Crippen LogP contribution in [0.15, 0.2) is 0 Å². The van der Waals surface area contributed by atoms with E-state index in [0.29, 0.717) is 0 Å². The molecule has 0 aliphatic carbocycles. The summed E-state index contributed by atoms with van der Waals surface area (Å²) in [6, 6.07) is 0. The van der Waals surface area contributed by atoms with Crippen LogP contribution in [0.5, 0.6) is 0 Å². The Labute approximate surface area is 58.0 Å². The molecule has 7 heteroatoms. The maximum absolute atomic E-state index is 12.1. The second kappa shape index (κ2) is 1.40. The van der Waals surface area contributed by atoms with E-state index in [2.05, 4.69) is 45.9 Å². The normalized spacial score (nSPS) is 23.1. The predicted octanol–water partition coefficient (Wildman–Crippen LogP) is 3.87. The third-order valence-electron chi connectivity index (χ3n) is 0. The summed E-state index contributed by atoms with van der Waals surface area (Å²) < 4.78 is 12.1. The summed E-state index contributed by atoms with van der Waals surface area (Å²) in [5.41, 5.74) is 0. The quantitative estimate of drug-likeness (QED) is 0.594. The monoisotopic (exact) mass is 287 g/mol. The van der Waals surface area contributed by atoms with Crippen LogP contribution in [0.4, 0.5) is 3.02 Å². The van der Waals surface area contributed by atoms with E-state index in [1.807, 2.05) is 0 Å². The molecule has 0 aromatic rings. The van der Waals surface area contributed by atoms with E-state index in [4.69, 9.17) is 0 Å². The van der Waals surface area contributed by atoms with E-state index in [1.165, 1.54) is 0 Å². The third kappa shape index (κ3) is 67.7. The minimum atomic E-state index is -6.39. The molecule has 0 saturated carbocycles. The van der Waals surface area contributed by atoms with Gasteiger partial charge < -0.3 is 0 Å². The zero-order valence-electron chi connectivity index (χ0n) is 2.72. The van der Waals surface area contributed by atoms with Crippen LogP contribution in [0.1, 0.15) is 0 Å². The Morgan fingerprint density at radius 3 is 0.857 bits per heavy atom. The Kier molecular flexibility index (Phi) is 1.83. The van der Waals surface area contributed by atoms with Gasteiger partial charge in [0.1, 0.15) is 0 Å². The first-order valence-corrected chi connectivity index (χ1v) is 16.0. The number of hydrogen-bond acceptors (Lipinski definition) is 0. The summed E-state index contributed by atoms with van der Waals surface area (Å²) in [5.74, 6) is 0. The van der Waals surface area contributed by atoms with Gasteiger partial charge in [0.15, 0.2) is 0 Å². The van der Waals surface area contributed by atoms with Gasteiger partial charge in [-0.25, -0.2) is 0 Å². The molecule has 0 aromatic carbocycles. The molecule has 0 N–H and O–H groups in total. The van der Waals surface area contributed by atoms with Gasteiger partial charge in [-0.15, -0.1) is 0 Å². The fraction of sp³-hybridized carbons (Fsp3) is 0. The van der Waals surface area contributed by atoms with E-state index in [0.717, 1.165) is 0 Å². The molecule has 0 fully saturated rings. The Balaban J connectivity index is 4.43. The van der Waals surface area contributed by atoms with Gasteiger partial charge in [0, 0.05) is 0 Å². The average Bonchev–Trinajstić information content (AvgIpc) is 0.592. The molecule has 0 aliphatic rings. The average molecular weight is 289 g/mol. The third-order valence-corrected chi connectivity index (χ3v) is 0. The molecular formula is Cl5FNb. The molecule has 0 aliphatic heterocycles. The minimum absolute atomic E-state index is 4.63. The molecule has 0 saturated heterocycles. The molecule has 7 heavy (non-hydrogen) atoms. The molecule has 47 valence electrons. The van der Waals surface area contributed by atoms with Crippen LogP contribution < -0.4 is 0 Å². The van der Waals surface area contributed by atoms with Gasteiger partial charge in [-0.05, 0) is 0 Å². The van der Waals surface area contributed by atoms with Gasteiger partial charge in [-0.3, -0.25) is 0 Å². The first-order valence-electron chi connectivity index (χ1n) is 1.01. The molecule has 0 atom stereocenters. The maximum atomic E-state index is 12.1. The van der Waals surface area contributed by atoms with Gasteiger partial charge in [-0.1, -0.05) is 0 Å². The van der Waals surface area contributed by atoms with Gasteiger partial charge in [0.05, 0.1) is 0 Å². The summed E-state index contributed by atoms with van der Waals surface area (Å²) in [7, 11) is 16.8. The number of halogens is 6. The first kappa shape index (κ1) is 9.12. The summed E-state index contributed by atoms with van der Waals surface area (Å²) in [4.78, 5) is 0. The van der Waals surface area contributed by atoms with Crippen LogP contribution >= 0.6 is 45.9 Å². The van der Waals surface area contributed by atoms with Crippen molar-refractivity contribution in [2.45, 2.75) is 0 Å². The van der Waals surface area contributed by atoms with Crippen LogP contribution in [-0.4, -0.2) is 0 Å². The second-order valence-corrected chi connectivity index (χ2v) is 39.7. The van der Waals surface area contributed by atoms with Gasteiger partial charge >= 0.3 is 58.6 Å². The molecule has 0 bridgehead atoms. The molecule has 0 radical (unpaired) electrons. The van der Waals surface area contributed by atoms with Crippen molar-refractivity contribution in [2.75, 3.05) is 0 Å². The van der Waals surface area contributed by atoms with Crippen molar-refractivity contribution in [2.24, 2.45) is 0 Å². The van der Waals surface area contributed by atoms with E-state index in [1.54, 1.807) is 0 Å². The van der Waals surface area contributed by atoms with E-state index in [-0.39, 0.29) is 0 Å². The van der Waals surface area contributed by atoms with Crippen LogP contribution in [0, 0.1) is 0 Å². The van der Waals surface area contributed by atoms with Crippen molar-refractivity contribution in [3.63, 3.8) is 0 Å². The Morgan fingerprint density at radius 2 is 0.857 bits per heavy atom. The molecule has 0 unspecified atom stereocenters. The van der Waals surface area contributed by atoms with Crippen molar-refractivity contribution in [1.82, 2.24) is 0 Å². The van der Waals surface area contributed by atoms with Gasteiger partial charge in [-0.2, -0.15) is 0 Å². The van der Waals surface area contributed by atoms with E-state index < -0.39 is 9.64 Å². The first-order chi connectivity index (χ1) is 2.45. The molecule has 0 amide bonds. The van der Waals surface area contributed by atoms with Gasteiger partial charge in [0.25, 0.3) is 0 Å². The SMILES string of the molecule is [F][Nb]([Cl])([Cl])([Cl])([Cl])[Cl]. The zero-order chi connectivity index (χ0) is 6.41. The van der Waals surface area contributed by atoms with Crippen molar-refractivity contribution >= 4 is 45.9 Å². The molecule has 0 nitrogen and oxygen atoms in total. The Morgan fingerprint density at radius 1 is 0.857 bits per heavy atom. The van der Waals surface area contributed by atoms with Gasteiger partial charge in [0.2, 0.25) is 0 Å². The Bertz CT molecular complexity index is 66.6. The predicted molar refractivity (Wildman–Crippen MR) is 30.4 cm³/mol. The summed E-state index contributed by atoms with van der Waals surface area (Å²) >= 11 is 0. The van der Waals surface area contributed by atoms with Crippen LogP contribution in [0.2, 0.25) is 0 Å². The summed E-state index contributed by atoms with van der Waals surface area (Å²) in [5, 5.41) is 0. The van der Waals surface area contributed by atoms with Crippen molar-refractivity contribution in [1.29, 1.82) is 0 Å². The molecule has 0 aromatic heterocycles. The van der Waals surface area contributed by atoms with Crippen molar-refractivity contribution in [3.8, 4) is 0 Å². The Hall–Kier alpha value is 2.12. The molecule has 0 spiro atoms. The number of hydrogen-bond donors (Lipinski definition) is 0. The molecule has 0 heterocycles. The second-order valence-electron chi connectivity index (χ2n) is 0.958. The fourth-order valence-corrected chi connectivity index (χ4v) is 0. The van der Waals surface area contributed by atoms with Crippen molar-refractivity contribution < 1.29 is 12.7 Å². The molecular weight excluding hydrogens is 289 g/mol. The van der Waals surface area contributed by atoms with E-state index >= 15 is 0 Å². The zero-order valence-corrected chi connectivity index (χ0v) is 8.69. The number of rotatable bonds is 0. The topological polar surface area (TPSA) is 0 Å². The van der Waals surface area contributed by atoms with E-state index in [9.17, 15) is 3.02 Å². The fourth-order valence-electron chi connectivity index (χ4n) is 0.